The van der Waals surface area contributed by atoms with Gasteiger partial charge in [-0.3, -0.25) is 0 Å². The molecule has 2 atom stereocenters. The van der Waals surface area contributed by atoms with Crippen LogP contribution in [0.1, 0.15) is 25.0 Å². The van der Waals surface area contributed by atoms with Crippen LogP contribution in [0.4, 0.5) is 0 Å². The lowest BCUT2D eigenvalue weighted by Gasteiger charge is -2.29. The van der Waals surface area contributed by atoms with Crippen LogP contribution < -0.4 is 23.7 Å². The molecule has 2 aliphatic rings. The van der Waals surface area contributed by atoms with Crippen LogP contribution in [0.15, 0.2) is 12.1 Å². The smallest absolute Gasteiger partial charge is 0.231 e. The van der Waals surface area contributed by atoms with Crippen molar-refractivity contribution in [3.63, 3.8) is 0 Å². The third kappa shape index (κ3) is 2.70. The fourth-order valence-electron chi connectivity index (χ4n) is 4.25. The summed E-state index contributed by atoms with van der Waals surface area (Å²) in [7, 11) is 4.80. The molecule has 6 heteroatoms. The van der Waals surface area contributed by atoms with Gasteiger partial charge in [-0.25, -0.2) is 0 Å². The average Bonchev–Trinajstić information content (AvgIpc) is 3.15. The predicted octanol–water partition coefficient (Wildman–Crippen LogP) is 4.18. The van der Waals surface area contributed by atoms with Gasteiger partial charge in [-0.15, -0.1) is 0 Å². The Morgan fingerprint density at radius 1 is 0.857 bits per heavy atom. The number of hydrogen-bond donors (Lipinski definition) is 1. The summed E-state index contributed by atoms with van der Waals surface area (Å²) in [6.07, 6.45) is 1.65. The maximum atomic E-state index is 11.1. The molecule has 28 heavy (non-hydrogen) atoms. The van der Waals surface area contributed by atoms with Crippen molar-refractivity contribution in [2.45, 2.75) is 26.7 Å². The minimum atomic E-state index is 0.0820. The highest BCUT2D eigenvalue weighted by atomic mass is 16.7. The first-order chi connectivity index (χ1) is 13.5. The van der Waals surface area contributed by atoms with Gasteiger partial charge >= 0.3 is 0 Å². The SMILES string of the molecule is COc1cc2c(c(OC)c1OC)-c1c(cc3c(c1O)OCO3)C[C@H](C)[C@@H](C)C2. The third-order valence-corrected chi connectivity index (χ3v) is 5.94. The monoisotopic (exact) mass is 386 g/mol. The molecule has 1 aliphatic heterocycles. The number of phenolic OH excluding ortho intramolecular Hbond substituents is 1. The van der Waals surface area contributed by atoms with Gasteiger partial charge < -0.3 is 28.8 Å². The van der Waals surface area contributed by atoms with Crippen LogP contribution >= 0.6 is 0 Å². The normalized spacial score (nSPS) is 19.9. The largest absolute Gasteiger partial charge is 0.504 e. The van der Waals surface area contributed by atoms with E-state index in [-0.39, 0.29) is 12.5 Å². The molecule has 0 bridgehead atoms. The molecule has 1 heterocycles. The summed E-state index contributed by atoms with van der Waals surface area (Å²) in [5.41, 5.74) is 3.59. The standard InChI is InChI=1S/C22H26O6/c1-11-6-13-9-16-20(28-10-27-16)19(23)17(13)18-14(7-12(11)2)8-15(24-3)21(25-4)22(18)26-5/h8-9,11-12,23H,6-7,10H2,1-5H3/t11-,12-/m0/s1. The van der Waals surface area contributed by atoms with Crippen molar-refractivity contribution in [3.05, 3.63) is 23.3 Å². The lowest BCUT2D eigenvalue weighted by atomic mass is 9.77. The van der Waals surface area contributed by atoms with Gasteiger partial charge in [0.2, 0.25) is 18.3 Å². The number of rotatable bonds is 3. The zero-order chi connectivity index (χ0) is 20.0. The first-order valence-electron chi connectivity index (χ1n) is 9.46. The molecule has 150 valence electrons. The zero-order valence-electron chi connectivity index (χ0n) is 16.9. The van der Waals surface area contributed by atoms with E-state index in [2.05, 4.69) is 13.8 Å². The molecule has 0 spiro atoms. The summed E-state index contributed by atoms with van der Waals surface area (Å²) in [5, 5.41) is 11.1. The Morgan fingerprint density at radius 3 is 2.11 bits per heavy atom. The van der Waals surface area contributed by atoms with Crippen molar-refractivity contribution in [3.8, 4) is 45.6 Å². The summed E-state index contributed by atoms with van der Waals surface area (Å²) in [5.74, 6) is 3.56. The van der Waals surface area contributed by atoms with Crippen molar-refractivity contribution in [1.29, 1.82) is 0 Å². The van der Waals surface area contributed by atoms with Crippen LogP contribution in [0.3, 0.4) is 0 Å². The van der Waals surface area contributed by atoms with Gasteiger partial charge in [-0.1, -0.05) is 13.8 Å². The van der Waals surface area contributed by atoms with E-state index in [9.17, 15) is 5.11 Å². The number of aromatic hydroxyl groups is 1. The van der Waals surface area contributed by atoms with Crippen molar-refractivity contribution in [1.82, 2.24) is 0 Å². The fraction of sp³-hybridized carbons (Fsp3) is 0.455. The van der Waals surface area contributed by atoms with E-state index in [1.54, 1.807) is 21.3 Å². The molecule has 0 amide bonds. The topological polar surface area (TPSA) is 66.4 Å². The lowest BCUT2D eigenvalue weighted by molar-refractivity contribution is 0.171. The Hall–Kier alpha value is -2.76. The fourth-order valence-corrected chi connectivity index (χ4v) is 4.25. The van der Waals surface area contributed by atoms with Gasteiger partial charge in [0.15, 0.2) is 23.0 Å². The Balaban J connectivity index is 2.10. The van der Waals surface area contributed by atoms with E-state index < -0.39 is 0 Å². The van der Waals surface area contributed by atoms with Crippen LogP contribution in [-0.2, 0) is 12.8 Å². The maximum Gasteiger partial charge on any atom is 0.231 e. The molecule has 4 rings (SSSR count). The summed E-state index contributed by atoms with van der Waals surface area (Å²) < 4.78 is 28.0. The van der Waals surface area contributed by atoms with Gasteiger partial charge in [0, 0.05) is 11.1 Å². The summed E-state index contributed by atoms with van der Waals surface area (Å²) >= 11 is 0. The first-order valence-corrected chi connectivity index (χ1v) is 9.46. The molecule has 0 saturated heterocycles. The number of phenols is 1. The van der Waals surface area contributed by atoms with Gasteiger partial charge in [0.05, 0.1) is 21.3 Å². The molecule has 6 nitrogen and oxygen atoms in total. The minimum absolute atomic E-state index is 0.0820. The van der Waals surface area contributed by atoms with Gasteiger partial charge in [-0.2, -0.15) is 0 Å². The second-order valence-corrected chi connectivity index (χ2v) is 7.54. The molecule has 0 fully saturated rings. The second-order valence-electron chi connectivity index (χ2n) is 7.54. The van der Waals surface area contributed by atoms with Crippen molar-refractivity contribution >= 4 is 0 Å². The quantitative estimate of drug-likeness (QED) is 0.853. The van der Waals surface area contributed by atoms with Gasteiger partial charge in [-0.05, 0) is 47.9 Å². The molecular formula is C22H26O6. The van der Waals surface area contributed by atoms with Crippen LogP contribution in [0, 0.1) is 11.8 Å². The molecule has 0 radical (unpaired) electrons. The van der Waals surface area contributed by atoms with Gasteiger partial charge in [0.25, 0.3) is 0 Å². The van der Waals surface area contributed by atoms with E-state index in [4.69, 9.17) is 23.7 Å². The molecule has 0 unspecified atom stereocenters. The Morgan fingerprint density at radius 2 is 1.50 bits per heavy atom. The highest BCUT2D eigenvalue weighted by molar-refractivity contribution is 5.88. The Bertz CT molecular complexity index is 920. The van der Waals surface area contributed by atoms with Crippen molar-refractivity contribution < 1.29 is 28.8 Å². The molecule has 1 N–H and O–H groups in total. The number of benzene rings is 2. The van der Waals surface area contributed by atoms with Crippen LogP contribution in [0.25, 0.3) is 11.1 Å². The lowest BCUT2D eigenvalue weighted by Crippen LogP contribution is -2.18. The van der Waals surface area contributed by atoms with Crippen LogP contribution in [0.2, 0.25) is 0 Å². The van der Waals surface area contributed by atoms with E-state index in [0.29, 0.717) is 40.6 Å². The van der Waals surface area contributed by atoms with Crippen molar-refractivity contribution in [2.75, 3.05) is 28.1 Å². The first kappa shape index (κ1) is 18.6. The molecule has 1 aliphatic carbocycles. The highest BCUT2D eigenvalue weighted by Gasteiger charge is 2.33. The summed E-state index contributed by atoms with van der Waals surface area (Å²) in [6.45, 7) is 4.59. The number of methoxy groups -OCH3 is 3. The van der Waals surface area contributed by atoms with E-state index in [0.717, 1.165) is 35.1 Å². The second kappa shape index (κ2) is 7.00. The Labute approximate surface area is 164 Å². The van der Waals surface area contributed by atoms with E-state index >= 15 is 0 Å². The predicted molar refractivity (Wildman–Crippen MR) is 105 cm³/mol. The van der Waals surface area contributed by atoms with E-state index in [1.165, 1.54) is 0 Å². The van der Waals surface area contributed by atoms with Crippen LogP contribution in [0.5, 0.6) is 34.5 Å². The highest BCUT2D eigenvalue weighted by Crippen LogP contribution is 2.56. The molecule has 2 aromatic rings. The Kier molecular flexibility index (Phi) is 4.65. The minimum Gasteiger partial charge on any atom is -0.504 e. The number of fused-ring (bicyclic) bond motifs is 4. The summed E-state index contributed by atoms with van der Waals surface area (Å²) in [6, 6.07) is 3.96. The van der Waals surface area contributed by atoms with Crippen LogP contribution in [-0.4, -0.2) is 33.2 Å². The van der Waals surface area contributed by atoms with Crippen molar-refractivity contribution in [2.24, 2.45) is 11.8 Å². The third-order valence-electron chi connectivity index (χ3n) is 5.94. The molecule has 2 aromatic carbocycles. The van der Waals surface area contributed by atoms with E-state index in [1.807, 2.05) is 12.1 Å². The molecule has 0 aromatic heterocycles. The number of hydrogen-bond acceptors (Lipinski definition) is 6. The zero-order valence-corrected chi connectivity index (χ0v) is 16.9. The average molecular weight is 386 g/mol. The molecule has 0 saturated carbocycles. The number of ether oxygens (including phenoxy) is 5. The molecular weight excluding hydrogens is 360 g/mol. The maximum absolute atomic E-state index is 11.1. The van der Waals surface area contributed by atoms with Gasteiger partial charge in [0.1, 0.15) is 0 Å². The summed E-state index contributed by atoms with van der Waals surface area (Å²) in [4.78, 5) is 0.